The molecule has 0 aliphatic heterocycles. The number of nitrogens with one attached hydrogen (secondary N) is 2. The van der Waals surface area contributed by atoms with E-state index in [1.165, 1.54) is 29.6 Å². The van der Waals surface area contributed by atoms with Crippen LogP contribution in [0.2, 0.25) is 0 Å². The number of nitrogens with zero attached hydrogens (tertiary/aromatic N) is 4. The Bertz CT molecular complexity index is 1510. The number of amides is 2. The number of hydrogen-bond donors (Lipinski definition) is 2. The summed E-state index contributed by atoms with van der Waals surface area (Å²) in [6, 6.07) is 14.5. The van der Waals surface area contributed by atoms with Crippen LogP contribution in [0.3, 0.4) is 0 Å². The Labute approximate surface area is 194 Å². The number of anilines is 1. The summed E-state index contributed by atoms with van der Waals surface area (Å²) in [6.45, 7) is 2.13. The third kappa shape index (κ3) is 4.38. The van der Waals surface area contributed by atoms with Gasteiger partial charge in [-0.25, -0.2) is 9.78 Å². The van der Waals surface area contributed by atoms with Gasteiger partial charge in [0.1, 0.15) is 6.54 Å². The van der Waals surface area contributed by atoms with Crippen LogP contribution in [0.15, 0.2) is 64.4 Å². The molecule has 0 bridgehead atoms. The predicted octanol–water partition coefficient (Wildman–Crippen LogP) is 1.31. The Hall–Kier alpha value is -4.47. The van der Waals surface area contributed by atoms with E-state index >= 15 is 0 Å². The van der Waals surface area contributed by atoms with E-state index in [9.17, 15) is 19.2 Å². The first kappa shape index (κ1) is 22.7. The largest absolute Gasteiger partial charge is 0.348 e. The van der Waals surface area contributed by atoms with Crippen molar-refractivity contribution in [3.63, 3.8) is 0 Å². The van der Waals surface area contributed by atoms with Crippen molar-refractivity contribution >= 4 is 28.7 Å². The van der Waals surface area contributed by atoms with Crippen LogP contribution in [0.5, 0.6) is 0 Å². The first-order valence-electron chi connectivity index (χ1n) is 10.6. The summed E-state index contributed by atoms with van der Waals surface area (Å²) in [5, 5.41) is 5.60. The van der Waals surface area contributed by atoms with Crippen LogP contribution in [0.25, 0.3) is 11.2 Å². The van der Waals surface area contributed by atoms with Crippen molar-refractivity contribution in [1.29, 1.82) is 0 Å². The lowest BCUT2D eigenvalue weighted by molar-refractivity contribution is -0.116. The second-order valence-corrected chi connectivity index (χ2v) is 8.01. The van der Waals surface area contributed by atoms with Crippen LogP contribution < -0.4 is 21.9 Å². The zero-order valence-corrected chi connectivity index (χ0v) is 19.0. The molecule has 34 heavy (non-hydrogen) atoms. The molecule has 174 valence electrons. The molecule has 0 saturated carbocycles. The predicted molar refractivity (Wildman–Crippen MR) is 128 cm³/mol. The number of imidazole rings is 1. The van der Waals surface area contributed by atoms with Crippen LogP contribution in [0.4, 0.5) is 5.69 Å². The van der Waals surface area contributed by atoms with E-state index in [1.54, 1.807) is 24.3 Å². The normalized spacial score (nSPS) is 10.9. The molecule has 2 aromatic heterocycles. The molecule has 2 amide bonds. The van der Waals surface area contributed by atoms with Gasteiger partial charge in [0.25, 0.3) is 11.5 Å². The summed E-state index contributed by atoms with van der Waals surface area (Å²) in [7, 11) is 2.87. The lowest BCUT2D eigenvalue weighted by Gasteiger charge is -2.12. The van der Waals surface area contributed by atoms with Crippen LogP contribution in [-0.2, 0) is 32.0 Å². The molecule has 10 nitrogen and oxygen atoms in total. The molecule has 0 fully saturated rings. The zero-order chi connectivity index (χ0) is 24.4. The van der Waals surface area contributed by atoms with Gasteiger partial charge >= 0.3 is 5.69 Å². The molecule has 0 aliphatic carbocycles. The number of aryl methyl sites for hydroxylation is 2. The third-order valence-electron chi connectivity index (χ3n) is 5.55. The molecule has 0 spiro atoms. The van der Waals surface area contributed by atoms with Gasteiger partial charge in [-0.05, 0) is 24.6 Å². The Morgan fingerprint density at radius 2 is 1.68 bits per heavy atom. The fourth-order valence-corrected chi connectivity index (χ4v) is 3.63. The Kier molecular flexibility index (Phi) is 6.13. The van der Waals surface area contributed by atoms with Crippen molar-refractivity contribution < 1.29 is 9.59 Å². The van der Waals surface area contributed by atoms with Crippen molar-refractivity contribution in [3.05, 3.63) is 92.4 Å². The summed E-state index contributed by atoms with van der Waals surface area (Å²) < 4.78 is 3.59. The molecule has 10 heteroatoms. The highest BCUT2D eigenvalue weighted by atomic mass is 16.2. The first-order valence-corrected chi connectivity index (χ1v) is 10.6. The van der Waals surface area contributed by atoms with Crippen molar-refractivity contribution in [3.8, 4) is 0 Å². The highest BCUT2D eigenvalue weighted by Gasteiger charge is 2.17. The molecule has 0 saturated heterocycles. The van der Waals surface area contributed by atoms with Gasteiger partial charge in [0.15, 0.2) is 11.2 Å². The molecular formula is C24H24N6O4. The van der Waals surface area contributed by atoms with Gasteiger partial charge in [-0.3, -0.25) is 23.5 Å². The molecule has 4 rings (SSSR count). The highest BCUT2D eigenvalue weighted by molar-refractivity contribution is 6.03. The van der Waals surface area contributed by atoms with Gasteiger partial charge in [0, 0.05) is 20.6 Å². The number of fused-ring (bicyclic) bond motifs is 1. The van der Waals surface area contributed by atoms with E-state index < -0.39 is 17.2 Å². The maximum atomic E-state index is 12.8. The maximum Gasteiger partial charge on any atom is 0.332 e. The quantitative estimate of drug-likeness (QED) is 0.450. The number of aromatic nitrogens is 4. The fourth-order valence-electron chi connectivity index (χ4n) is 3.63. The number of benzene rings is 2. The molecular weight excluding hydrogens is 436 g/mol. The summed E-state index contributed by atoms with van der Waals surface area (Å²) >= 11 is 0. The average molecular weight is 460 g/mol. The SMILES string of the molecule is Cc1ccc(CNC(=O)c2ccccc2NC(=O)Cn2cnc3c2c(=O)n(C)c(=O)n3C)cc1. The second kappa shape index (κ2) is 9.18. The zero-order valence-electron chi connectivity index (χ0n) is 19.0. The third-order valence-corrected chi connectivity index (χ3v) is 5.55. The summed E-state index contributed by atoms with van der Waals surface area (Å²) in [5.74, 6) is -0.776. The monoisotopic (exact) mass is 460 g/mol. The van der Waals surface area contributed by atoms with E-state index in [0.29, 0.717) is 17.8 Å². The van der Waals surface area contributed by atoms with Gasteiger partial charge in [0.05, 0.1) is 17.6 Å². The minimum atomic E-state index is -0.542. The molecule has 0 radical (unpaired) electrons. The van der Waals surface area contributed by atoms with Crippen LogP contribution >= 0.6 is 0 Å². The van der Waals surface area contributed by atoms with Gasteiger partial charge < -0.3 is 15.2 Å². The van der Waals surface area contributed by atoms with E-state index in [-0.39, 0.29) is 23.6 Å². The molecule has 0 atom stereocenters. The Morgan fingerprint density at radius 3 is 2.41 bits per heavy atom. The fraction of sp³-hybridized carbons (Fsp3) is 0.208. The van der Waals surface area contributed by atoms with E-state index in [4.69, 9.17) is 0 Å². The van der Waals surface area contributed by atoms with E-state index in [1.807, 2.05) is 31.2 Å². The van der Waals surface area contributed by atoms with Crippen molar-refractivity contribution in [2.24, 2.45) is 14.1 Å². The molecule has 2 N–H and O–H groups in total. The summed E-state index contributed by atoms with van der Waals surface area (Å²) in [4.78, 5) is 54.4. The molecule has 4 aromatic rings. The van der Waals surface area contributed by atoms with E-state index in [0.717, 1.165) is 15.7 Å². The maximum absolute atomic E-state index is 12.8. The molecule has 0 unspecified atom stereocenters. The number of carbonyl (C=O) groups excluding carboxylic acids is 2. The van der Waals surface area contributed by atoms with Gasteiger partial charge in [-0.2, -0.15) is 0 Å². The van der Waals surface area contributed by atoms with Gasteiger partial charge in [-0.15, -0.1) is 0 Å². The number of hydrogen-bond acceptors (Lipinski definition) is 5. The Morgan fingerprint density at radius 1 is 0.971 bits per heavy atom. The first-order chi connectivity index (χ1) is 16.3. The van der Waals surface area contributed by atoms with Gasteiger partial charge in [0.2, 0.25) is 5.91 Å². The Balaban J connectivity index is 1.51. The standard InChI is InChI=1S/C24H24N6O4/c1-15-8-10-16(11-9-15)12-25-22(32)17-6-4-5-7-18(17)27-19(31)13-30-14-26-21-20(30)23(33)29(3)24(34)28(21)2/h4-11,14H,12-13H2,1-3H3,(H,25,32)(H,27,31). The summed E-state index contributed by atoms with van der Waals surface area (Å²) in [6.07, 6.45) is 1.34. The van der Waals surface area contributed by atoms with Gasteiger partial charge in [-0.1, -0.05) is 42.0 Å². The summed E-state index contributed by atoms with van der Waals surface area (Å²) in [5.41, 5.74) is 2.05. The van der Waals surface area contributed by atoms with Crippen molar-refractivity contribution in [2.75, 3.05) is 5.32 Å². The minimum absolute atomic E-state index is 0.142. The van der Waals surface area contributed by atoms with Crippen molar-refractivity contribution in [1.82, 2.24) is 24.0 Å². The lowest BCUT2D eigenvalue weighted by Crippen LogP contribution is -2.37. The number of rotatable bonds is 6. The molecule has 2 heterocycles. The van der Waals surface area contributed by atoms with Crippen molar-refractivity contribution in [2.45, 2.75) is 20.0 Å². The lowest BCUT2D eigenvalue weighted by atomic mass is 10.1. The number of para-hydroxylation sites is 1. The van der Waals surface area contributed by atoms with E-state index in [2.05, 4.69) is 15.6 Å². The number of carbonyl (C=O) groups is 2. The molecule has 0 aliphatic rings. The van der Waals surface area contributed by atoms with Crippen LogP contribution in [-0.4, -0.2) is 30.5 Å². The van der Waals surface area contributed by atoms with Crippen LogP contribution in [0, 0.1) is 6.92 Å². The minimum Gasteiger partial charge on any atom is -0.348 e. The van der Waals surface area contributed by atoms with Crippen LogP contribution in [0.1, 0.15) is 21.5 Å². The average Bonchev–Trinajstić information content (AvgIpc) is 3.24. The molecule has 2 aromatic carbocycles. The highest BCUT2D eigenvalue weighted by Crippen LogP contribution is 2.16. The second-order valence-electron chi connectivity index (χ2n) is 8.01. The smallest absolute Gasteiger partial charge is 0.332 e. The topological polar surface area (TPSA) is 120 Å².